The van der Waals surface area contributed by atoms with Crippen molar-refractivity contribution in [1.29, 1.82) is 0 Å². The molecule has 0 saturated carbocycles. The van der Waals surface area contributed by atoms with Crippen molar-refractivity contribution in [2.24, 2.45) is 5.92 Å². The molecule has 1 aromatic rings. The molecule has 2 aliphatic rings. The van der Waals surface area contributed by atoms with Crippen LogP contribution in [-0.4, -0.2) is 35.6 Å². The Bertz CT molecular complexity index is 418. The van der Waals surface area contributed by atoms with E-state index in [0.29, 0.717) is 0 Å². The molecule has 3 rings (SSSR count). The van der Waals surface area contributed by atoms with Gasteiger partial charge in [-0.15, -0.1) is 0 Å². The molecular formula is C13H20N4. The smallest absolute Gasteiger partial charge is 0.150 e. The van der Waals surface area contributed by atoms with Gasteiger partial charge in [-0.1, -0.05) is 0 Å². The van der Waals surface area contributed by atoms with Crippen LogP contribution in [0.5, 0.6) is 0 Å². The molecule has 1 aromatic heterocycles. The first-order valence-corrected chi connectivity index (χ1v) is 6.52. The molecule has 4 heteroatoms. The van der Waals surface area contributed by atoms with Gasteiger partial charge in [0.1, 0.15) is 5.82 Å². The summed E-state index contributed by atoms with van der Waals surface area (Å²) in [6.07, 6.45) is 4.39. The highest BCUT2D eigenvalue weighted by Crippen LogP contribution is 2.28. The standard InChI is InChI=1S/C13H20N4/c1-9-7-15-10(2)13(16-9)17-6-4-12-11(8-17)3-5-14-12/h7,11-12,14H,3-6,8H2,1-2H3. The van der Waals surface area contributed by atoms with Gasteiger partial charge in [-0.25, -0.2) is 4.98 Å². The van der Waals surface area contributed by atoms with E-state index >= 15 is 0 Å². The zero-order valence-corrected chi connectivity index (χ0v) is 10.6. The summed E-state index contributed by atoms with van der Waals surface area (Å²) in [7, 11) is 0. The van der Waals surface area contributed by atoms with Crippen molar-refractivity contribution in [2.75, 3.05) is 24.5 Å². The molecule has 92 valence electrons. The highest BCUT2D eigenvalue weighted by molar-refractivity contribution is 5.44. The van der Waals surface area contributed by atoms with E-state index in [9.17, 15) is 0 Å². The van der Waals surface area contributed by atoms with Gasteiger partial charge in [0.2, 0.25) is 0 Å². The summed E-state index contributed by atoms with van der Waals surface area (Å²) in [5, 5.41) is 3.59. The van der Waals surface area contributed by atoms with Gasteiger partial charge in [0.25, 0.3) is 0 Å². The molecule has 0 amide bonds. The Hall–Kier alpha value is -1.16. The molecular weight excluding hydrogens is 212 g/mol. The summed E-state index contributed by atoms with van der Waals surface area (Å²) < 4.78 is 0. The zero-order valence-electron chi connectivity index (χ0n) is 10.6. The highest BCUT2D eigenvalue weighted by Gasteiger charge is 2.33. The summed E-state index contributed by atoms with van der Waals surface area (Å²) in [5.41, 5.74) is 2.07. The molecule has 0 bridgehead atoms. The number of anilines is 1. The zero-order chi connectivity index (χ0) is 11.8. The number of piperidine rings is 1. The van der Waals surface area contributed by atoms with Crippen LogP contribution in [0.3, 0.4) is 0 Å². The average Bonchev–Trinajstić information content (AvgIpc) is 2.79. The summed E-state index contributed by atoms with van der Waals surface area (Å²) in [4.78, 5) is 11.5. The van der Waals surface area contributed by atoms with Crippen molar-refractivity contribution in [3.8, 4) is 0 Å². The van der Waals surface area contributed by atoms with Crippen LogP contribution in [0.2, 0.25) is 0 Å². The lowest BCUT2D eigenvalue weighted by Gasteiger charge is -2.36. The molecule has 0 aromatic carbocycles. The minimum atomic E-state index is 0.740. The number of aryl methyl sites for hydroxylation is 2. The van der Waals surface area contributed by atoms with E-state index < -0.39 is 0 Å². The van der Waals surface area contributed by atoms with Crippen LogP contribution in [0.4, 0.5) is 5.82 Å². The van der Waals surface area contributed by atoms with Crippen LogP contribution in [0, 0.1) is 19.8 Å². The highest BCUT2D eigenvalue weighted by atomic mass is 15.2. The van der Waals surface area contributed by atoms with E-state index in [1.165, 1.54) is 19.4 Å². The van der Waals surface area contributed by atoms with Gasteiger partial charge in [-0.05, 0) is 39.2 Å². The van der Waals surface area contributed by atoms with Crippen molar-refractivity contribution in [3.05, 3.63) is 17.6 Å². The third-order valence-electron chi connectivity index (χ3n) is 4.01. The summed E-state index contributed by atoms with van der Waals surface area (Å²) in [5.74, 6) is 1.89. The second-order valence-corrected chi connectivity index (χ2v) is 5.26. The molecule has 2 unspecified atom stereocenters. The van der Waals surface area contributed by atoms with Gasteiger partial charge in [-0.2, -0.15) is 0 Å². The predicted molar refractivity (Wildman–Crippen MR) is 68.2 cm³/mol. The van der Waals surface area contributed by atoms with E-state index in [1.54, 1.807) is 0 Å². The second-order valence-electron chi connectivity index (χ2n) is 5.26. The molecule has 2 aliphatic heterocycles. The number of fused-ring (bicyclic) bond motifs is 1. The van der Waals surface area contributed by atoms with Crippen molar-refractivity contribution in [3.63, 3.8) is 0 Å². The van der Waals surface area contributed by atoms with E-state index in [-0.39, 0.29) is 0 Å². The lowest BCUT2D eigenvalue weighted by atomic mass is 9.93. The third-order valence-corrected chi connectivity index (χ3v) is 4.01. The van der Waals surface area contributed by atoms with Crippen LogP contribution in [0.15, 0.2) is 6.20 Å². The minimum Gasteiger partial charge on any atom is -0.355 e. The van der Waals surface area contributed by atoms with Crippen LogP contribution >= 0.6 is 0 Å². The normalized spacial score (nSPS) is 28.2. The molecule has 17 heavy (non-hydrogen) atoms. The molecule has 2 atom stereocenters. The quantitative estimate of drug-likeness (QED) is 0.792. The molecule has 2 fully saturated rings. The maximum absolute atomic E-state index is 4.65. The van der Waals surface area contributed by atoms with E-state index in [0.717, 1.165) is 42.3 Å². The second kappa shape index (κ2) is 4.26. The van der Waals surface area contributed by atoms with Crippen molar-refractivity contribution >= 4 is 5.82 Å². The first kappa shape index (κ1) is 11.0. The Kier molecular flexibility index (Phi) is 2.74. The van der Waals surface area contributed by atoms with Gasteiger partial charge in [0.15, 0.2) is 0 Å². The fourth-order valence-electron chi connectivity index (χ4n) is 3.06. The maximum Gasteiger partial charge on any atom is 0.150 e. The third kappa shape index (κ3) is 2.02. The topological polar surface area (TPSA) is 41.1 Å². The SMILES string of the molecule is Cc1cnc(C)c(N2CCC3NCCC3C2)n1. The molecule has 4 nitrogen and oxygen atoms in total. The van der Waals surface area contributed by atoms with Gasteiger partial charge in [0, 0.05) is 25.3 Å². The van der Waals surface area contributed by atoms with Gasteiger partial charge >= 0.3 is 0 Å². The van der Waals surface area contributed by atoms with Crippen molar-refractivity contribution < 1.29 is 0 Å². The van der Waals surface area contributed by atoms with E-state index in [1.807, 2.05) is 13.1 Å². The largest absolute Gasteiger partial charge is 0.355 e. The predicted octanol–water partition coefficient (Wildman–Crippen LogP) is 1.28. The molecule has 1 N–H and O–H groups in total. The maximum atomic E-state index is 4.65. The van der Waals surface area contributed by atoms with Crippen molar-refractivity contribution in [2.45, 2.75) is 32.7 Å². The molecule has 0 spiro atoms. The lowest BCUT2D eigenvalue weighted by molar-refractivity contribution is 0.374. The first-order chi connectivity index (χ1) is 8.24. The monoisotopic (exact) mass is 232 g/mol. The Morgan fingerprint density at radius 1 is 1.35 bits per heavy atom. The van der Waals surface area contributed by atoms with E-state index in [2.05, 4.69) is 27.1 Å². The van der Waals surface area contributed by atoms with Crippen LogP contribution in [-0.2, 0) is 0 Å². The fraction of sp³-hybridized carbons (Fsp3) is 0.692. The minimum absolute atomic E-state index is 0.740. The fourth-order valence-corrected chi connectivity index (χ4v) is 3.06. The Balaban J connectivity index is 1.82. The molecule has 2 saturated heterocycles. The molecule has 0 aliphatic carbocycles. The summed E-state index contributed by atoms with van der Waals surface area (Å²) in [6, 6.07) is 0.740. The van der Waals surface area contributed by atoms with Crippen molar-refractivity contribution in [1.82, 2.24) is 15.3 Å². The molecule has 0 radical (unpaired) electrons. The number of hydrogen-bond acceptors (Lipinski definition) is 4. The van der Waals surface area contributed by atoms with E-state index in [4.69, 9.17) is 0 Å². The summed E-state index contributed by atoms with van der Waals surface area (Å²) in [6.45, 7) is 7.49. The van der Waals surface area contributed by atoms with Crippen LogP contribution in [0.1, 0.15) is 24.2 Å². The Morgan fingerprint density at radius 2 is 2.24 bits per heavy atom. The average molecular weight is 232 g/mol. The van der Waals surface area contributed by atoms with Gasteiger partial charge in [0.05, 0.1) is 11.4 Å². The Labute approximate surface area is 102 Å². The lowest BCUT2D eigenvalue weighted by Crippen LogP contribution is -2.45. The summed E-state index contributed by atoms with van der Waals surface area (Å²) >= 11 is 0. The van der Waals surface area contributed by atoms with Gasteiger partial charge < -0.3 is 10.2 Å². The molecule has 3 heterocycles. The number of nitrogens with one attached hydrogen (secondary N) is 1. The first-order valence-electron chi connectivity index (χ1n) is 6.52. The van der Waals surface area contributed by atoms with Crippen LogP contribution < -0.4 is 10.2 Å². The number of aromatic nitrogens is 2. The number of hydrogen-bond donors (Lipinski definition) is 1. The number of rotatable bonds is 1. The van der Waals surface area contributed by atoms with Crippen LogP contribution in [0.25, 0.3) is 0 Å². The Morgan fingerprint density at radius 3 is 3.12 bits per heavy atom. The number of nitrogens with zero attached hydrogens (tertiary/aromatic N) is 3. The van der Waals surface area contributed by atoms with Gasteiger partial charge in [-0.3, -0.25) is 4.98 Å².